The Morgan fingerprint density at radius 2 is 2.31 bits per heavy atom. The predicted molar refractivity (Wildman–Crippen MR) is 62.2 cm³/mol. The highest BCUT2D eigenvalue weighted by Crippen LogP contribution is 2.23. The molecule has 0 N–H and O–H groups in total. The lowest BCUT2D eigenvalue weighted by Gasteiger charge is -2.28. The van der Waals surface area contributed by atoms with Crippen molar-refractivity contribution in [2.75, 3.05) is 20.2 Å². The first-order valence-corrected chi connectivity index (χ1v) is 5.58. The largest absolute Gasteiger partial charge is 0.497 e. The van der Waals surface area contributed by atoms with Crippen molar-refractivity contribution in [3.05, 3.63) is 29.3 Å². The number of fused-ring (bicyclic) bond motifs is 1. The highest BCUT2D eigenvalue weighted by Gasteiger charge is 2.15. The van der Waals surface area contributed by atoms with Gasteiger partial charge in [0.1, 0.15) is 5.75 Å². The Bertz CT molecular complexity index is 409. The van der Waals surface area contributed by atoms with Crippen LogP contribution in [0.2, 0.25) is 0 Å². The first-order chi connectivity index (χ1) is 7.83. The molecule has 0 saturated heterocycles. The van der Waals surface area contributed by atoms with E-state index in [9.17, 15) is 0 Å². The Labute approximate surface area is 96.2 Å². The van der Waals surface area contributed by atoms with Crippen molar-refractivity contribution in [2.24, 2.45) is 0 Å². The van der Waals surface area contributed by atoms with E-state index in [-0.39, 0.29) is 0 Å². The van der Waals surface area contributed by atoms with Gasteiger partial charge >= 0.3 is 0 Å². The molecule has 16 heavy (non-hydrogen) atoms. The van der Waals surface area contributed by atoms with Gasteiger partial charge in [-0.25, -0.2) is 0 Å². The van der Waals surface area contributed by atoms with Gasteiger partial charge in [0.05, 0.1) is 13.2 Å². The Kier molecular flexibility index (Phi) is 3.43. The molecule has 0 amide bonds. The minimum atomic E-state index is 0.617. The van der Waals surface area contributed by atoms with E-state index in [0.717, 1.165) is 31.8 Å². The molecule has 3 nitrogen and oxygen atoms in total. The smallest absolute Gasteiger partial charge is 0.119 e. The average molecular weight is 216 g/mol. The number of nitrogens with zero attached hydrogens (tertiary/aromatic N) is 2. The fourth-order valence-electron chi connectivity index (χ4n) is 2.11. The molecule has 1 aliphatic rings. The van der Waals surface area contributed by atoms with Crippen LogP contribution in [-0.4, -0.2) is 25.1 Å². The van der Waals surface area contributed by atoms with Crippen molar-refractivity contribution in [2.45, 2.75) is 19.4 Å². The van der Waals surface area contributed by atoms with Crippen LogP contribution in [0.15, 0.2) is 18.2 Å². The Morgan fingerprint density at radius 1 is 1.44 bits per heavy atom. The van der Waals surface area contributed by atoms with Crippen LogP contribution in [0.1, 0.15) is 17.5 Å². The van der Waals surface area contributed by atoms with Gasteiger partial charge in [0.25, 0.3) is 0 Å². The third-order valence-electron chi connectivity index (χ3n) is 3.04. The molecule has 0 aromatic heterocycles. The summed E-state index contributed by atoms with van der Waals surface area (Å²) >= 11 is 0. The highest BCUT2D eigenvalue weighted by molar-refractivity contribution is 5.37. The predicted octanol–water partition coefficient (Wildman–Crippen LogP) is 1.97. The molecule has 1 heterocycles. The van der Waals surface area contributed by atoms with Gasteiger partial charge < -0.3 is 4.74 Å². The van der Waals surface area contributed by atoms with Crippen molar-refractivity contribution in [3.63, 3.8) is 0 Å². The summed E-state index contributed by atoms with van der Waals surface area (Å²) in [5.41, 5.74) is 2.75. The number of methoxy groups -OCH3 is 1. The van der Waals surface area contributed by atoms with Gasteiger partial charge in [-0.1, -0.05) is 6.07 Å². The van der Waals surface area contributed by atoms with E-state index in [1.807, 2.05) is 6.07 Å². The molecule has 1 aliphatic heterocycles. The Balaban J connectivity index is 2.07. The molecule has 0 spiro atoms. The molecule has 0 saturated carbocycles. The van der Waals surface area contributed by atoms with Crippen molar-refractivity contribution in [3.8, 4) is 11.8 Å². The van der Waals surface area contributed by atoms with Crippen molar-refractivity contribution in [1.82, 2.24) is 4.90 Å². The molecule has 0 bridgehead atoms. The van der Waals surface area contributed by atoms with Crippen LogP contribution in [0.25, 0.3) is 0 Å². The topological polar surface area (TPSA) is 36.3 Å². The van der Waals surface area contributed by atoms with Crippen LogP contribution in [0.4, 0.5) is 0 Å². The quantitative estimate of drug-likeness (QED) is 0.775. The zero-order chi connectivity index (χ0) is 11.4. The number of nitriles is 1. The number of hydrogen-bond donors (Lipinski definition) is 0. The van der Waals surface area contributed by atoms with Crippen LogP contribution >= 0.6 is 0 Å². The van der Waals surface area contributed by atoms with Gasteiger partial charge in [-0.3, -0.25) is 4.90 Å². The van der Waals surface area contributed by atoms with Gasteiger partial charge in [0, 0.05) is 26.1 Å². The molecule has 2 rings (SSSR count). The maximum atomic E-state index is 8.57. The Morgan fingerprint density at radius 3 is 3.06 bits per heavy atom. The fourth-order valence-corrected chi connectivity index (χ4v) is 2.11. The number of ether oxygens (including phenoxy) is 1. The third kappa shape index (κ3) is 2.34. The monoisotopic (exact) mass is 216 g/mol. The molecule has 0 unspecified atom stereocenters. The number of rotatable bonds is 3. The van der Waals surface area contributed by atoms with Gasteiger partial charge in [-0.15, -0.1) is 0 Å². The first kappa shape index (κ1) is 11.0. The standard InChI is InChI=1S/C13H16N2O/c1-16-13-4-3-12-10-15(7-2-6-14)8-5-11(12)9-13/h3-4,9H,2,5,7-8,10H2,1H3. The summed E-state index contributed by atoms with van der Waals surface area (Å²) in [5.74, 6) is 0.934. The first-order valence-electron chi connectivity index (χ1n) is 5.58. The third-order valence-corrected chi connectivity index (χ3v) is 3.04. The normalized spacial score (nSPS) is 15.2. The lowest BCUT2D eigenvalue weighted by Crippen LogP contribution is -2.31. The van der Waals surface area contributed by atoms with Gasteiger partial charge in [-0.05, 0) is 29.7 Å². The molecular formula is C13H16N2O. The molecule has 1 aromatic rings. The lowest BCUT2D eigenvalue weighted by atomic mass is 9.99. The van der Waals surface area contributed by atoms with Crippen LogP contribution < -0.4 is 4.74 Å². The van der Waals surface area contributed by atoms with Gasteiger partial charge in [0.2, 0.25) is 0 Å². The second kappa shape index (κ2) is 5.00. The van der Waals surface area contributed by atoms with E-state index in [0.29, 0.717) is 6.42 Å². The van der Waals surface area contributed by atoms with E-state index in [1.165, 1.54) is 11.1 Å². The second-order valence-corrected chi connectivity index (χ2v) is 4.07. The summed E-state index contributed by atoms with van der Waals surface area (Å²) in [6, 6.07) is 8.46. The summed E-state index contributed by atoms with van der Waals surface area (Å²) in [5, 5.41) is 8.57. The van der Waals surface area contributed by atoms with E-state index in [2.05, 4.69) is 23.1 Å². The molecule has 84 valence electrons. The number of hydrogen-bond acceptors (Lipinski definition) is 3. The minimum absolute atomic E-state index is 0.617. The lowest BCUT2D eigenvalue weighted by molar-refractivity contribution is 0.259. The summed E-state index contributed by atoms with van der Waals surface area (Å²) in [4.78, 5) is 2.33. The molecule has 1 aromatic carbocycles. The summed E-state index contributed by atoms with van der Waals surface area (Å²) < 4.78 is 5.22. The maximum Gasteiger partial charge on any atom is 0.119 e. The zero-order valence-electron chi connectivity index (χ0n) is 9.57. The highest BCUT2D eigenvalue weighted by atomic mass is 16.5. The average Bonchev–Trinajstić information content (AvgIpc) is 2.35. The molecule has 0 fully saturated rings. The SMILES string of the molecule is COc1ccc2c(c1)CCN(CCC#N)C2. The van der Waals surface area contributed by atoms with Gasteiger partial charge in [-0.2, -0.15) is 5.26 Å². The summed E-state index contributed by atoms with van der Waals surface area (Å²) in [6.45, 7) is 2.88. The summed E-state index contributed by atoms with van der Waals surface area (Å²) in [7, 11) is 1.70. The molecule has 0 radical (unpaired) electrons. The minimum Gasteiger partial charge on any atom is -0.497 e. The molecular weight excluding hydrogens is 200 g/mol. The molecule has 0 aliphatic carbocycles. The van der Waals surface area contributed by atoms with E-state index < -0.39 is 0 Å². The van der Waals surface area contributed by atoms with Crippen LogP contribution in [0.5, 0.6) is 5.75 Å². The number of benzene rings is 1. The van der Waals surface area contributed by atoms with E-state index >= 15 is 0 Å². The van der Waals surface area contributed by atoms with E-state index in [4.69, 9.17) is 10.00 Å². The van der Waals surface area contributed by atoms with Crippen molar-refractivity contribution < 1.29 is 4.74 Å². The fraction of sp³-hybridized carbons (Fsp3) is 0.462. The maximum absolute atomic E-state index is 8.57. The van der Waals surface area contributed by atoms with Crippen molar-refractivity contribution in [1.29, 1.82) is 5.26 Å². The van der Waals surface area contributed by atoms with Crippen molar-refractivity contribution >= 4 is 0 Å². The van der Waals surface area contributed by atoms with Crippen LogP contribution in [-0.2, 0) is 13.0 Å². The summed E-state index contributed by atoms with van der Waals surface area (Å²) in [6.07, 6.45) is 1.67. The molecule has 3 heteroatoms. The second-order valence-electron chi connectivity index (χ2n) is 4.07. The van der Waals surface area contributed by atoms with Crippen LogP contribution in [0.3, 0.4) is 0 Å². The van der Waals surface area contributed by atoms with E-state index in [1.54, 1.807) is 7.11 Å². The zero-order valence-corrected chi connectivity index (χ0v) is 9.57. The van der Waals surface area contributed by atoms with Crippen LogP contribution in [0, 0.1) is 11.3 Å². The Hall–Kier alpha value is -1.53. The molecule has 0 atom stereocenters. The van der Waals surface area contributed by atoms with Gasteiger partial charge in [0.15, 0.2) is 0 Å².